The van der Waals surface area contributed by atoms with Crippen molar-refractivity contribution in [1.29, 1.82) is 0 Å². The fraction of sp³-hybridized carbons (Fsp3) is 0.500. The SMILES string of the molecule is CCCC(C)NC(=O)CSc1csc(C(=O)O)c1. The standard InChI is InChI=1S/C12H17NO3S2/c1-3-4-8(2)13-11(14)7-17-9-5-10(12(15)16)18-6-9/h5-6,8H,3-4,7H2,1-2H3,(H,13,14)(H,15,16). The van der Waals surface area contributed by atoms with E-state index in [1.54, 1.807) is 11.4 Å². The van der Waals surface area contributed by atoms with Gasteiger partial charge in [0.05, 0.1) is 5.75 Å². The van der Waals surface area contributed by atoms with Gasteiger partial charge in [0, 0.05) is 16.3 Å². The summed E-state index contributed by atoms with van der Waals surface area (Å²) in [7, 11) is 0. The first-order chi connectivity index (χ1) is 8.52. The van der Waals surface area contributed by atoms with Crippen LogP contribution >= 0.6 is 23.1 Å². The number of thiophene rings is 1. The van der Waals surface area contributed by atoms with E-state index in [0.29, 0.717) is 10.6 Å². The number of hydrogen-bond acceptors (Lipinski definition) is 4. The van der Waals surface area contributed by atoms with Crippen LogP contribution in [0.3, 0.4) is 0 Å². The van der Waals surface area contributed by atoms with Crippen molar-refractivity contribution in [1.82, 2.24) is 5.32 Å². The number of thioether (sulfide) groups is 1. The largest absolute Gasteiger partial charge is 0.477 e. The maximum atomic E-state index is 11.6. The molecular formula is C12H17NO3S2. The zero-order valence-electron chi connectivity index (χ0n) is 10.4. The lowest BCUT2D eigenvalue weighted by Crippen LogP contribution is -2.33. The van der Waals surface area contributed by atoms with Gasteiger partial charge in [-0.2, -0.15) is 0 Å². The summed E-state index contributed by atoms with van der Waals surface area (Å²) in [5.41, 5.74) is 0. The van der Waals surface area contributed by atoms with Crippen LogP contribution in [-0.4, -0.2) is 28.8 Å². The minimum atomic E-state index is -0.923. The number of rotatable bonds is 7. The Bertz CT molecular complexity index is 417. The molecule has 1 amide bonds. The van der Waals surface area contributed by atoms with E-state index in [-0.39, 0.29) is 11.9 Å². The van der Waals surface area contributed by atoms with E-state index < -0.39 is 5.97 Å². The Hall–Kier alpha value is -1.01. The van der Waals surface area contributed by atoms with Gasteiger partial charge >= 0.3 is 5.97 Å². The highest BCUT2D eigenvalue weighted by atomic mass is 32.2. The third kappa shape index (κ3) is 5.10. The molecule has 0 saturated heterocycles. The third-order valence-electron chi connectivity index (χ3n) is 2.29. The van der Waals surface area contributed by atoms with Crippen LogP contribution in [0.25, 0.3) is 0 Å². The highest BCUT2D eigenvalue weighted by Gasteiger charge is 2.10. The van der Waals surface area contributed by atoms with Crippen molar-refractivity contribution >= 4 is 35.0 Å². The minimum absolute atomic E-state index is 0.0102. The summed E-state index contributed by atoms with van der Waals surface area (Å²) in [5.74, 6) is -0.610. The van der Waals surface area contributed by atoms with Gasteiger partial charge in [0.15, 0.2) is 0 Å². The number of amides is 1. The van der Waals surface area contributed by atoms with Gasteiger partial charge in [-0.25, -0.2) is 4.79 Å². The molecule has 0 spiro atoms. The fourth-order valence-electron chi connectivity index (χ4n) is 1.48. The molecule has 4 nitrogen and oxygen atoms in total. The molecule has 18 heavy (non-hydrogen) atoms. The lowest BCUT2D eigenvalue weighted by molar-refractivity contribution is -0.119. The van der Waals surface area contributed by atoms with Crippen LogP contribution in [0.5, 0.6) is 0 Å². The smallest absolute Gasteiger partial charge is 0.345 e. The molecule has 0 aliphatic heterocycles. The van der Waals surface area contributed by atoms with Crippen molar-refractivity contribution < 1.29 is 14.7 Å². The number of carbonyl (C=O) groups excluding carboxylic acids is 1. The molecule has 1 atom stereocenters. The van der Waals surface area contributed by atoms with E-state index >= 15 is 0 Å². The Labute approximate surface area is 115 Å². The number of carboxylic acid groups (broad SMARTS) is 1. The zero-order chi connectivity index (χ0) is 13.5. The molecule has 0 saturated carbocycles. The van der Waals surface area contributed by atoms with E-state index in [1.165, 1.54) is 23.1 Å². The van der Waals surface area contributed by atoms with E-state index in [2.05, 4.69) is 12.2 Å². The van der Waals surface area contributed by atoms with Gasteiger partial charge in [-0.1, -0.05) is 13.3 Å². The molecule has 0 aliphatic carbocycles. The van der Waals surface area contributed by atoms with Gasteiger partial charge in [-0.05, 0) is 19.4 Å². The first-order valence-corrected chi connectivity index (χ1v) is 7.63. The molecule has 0 bridgehead atoms. The summed E-state index contributed by atoms with van der Waals surface area (Å²) < 4.78 is 0. The molecule has 100 valence electrons. The van der Waals surface area contributed by atoms with Crippen LogP contribution in [-0.2, 0) is 4.79 Å². The molecule has 1 aromatic rings. The summed E-state index contributed by atoms with van der Waals surface area (Å²) in [6, 6.07) is 1.79. The topological polar surface area (TPSA) is 66.4 Å². The van der Waals surface area contributed by atoms with Crippen LogP contribution < -0.4 is 5.32 Å². The maximum absolute atomic E-state index is 11.6. The highest BCUT2D eigenvalue weighted by molar-refractivity contribution is 8.00. The second kappa shape index (κ2) is 7.43. The van der Waals surface area contributed by atoms with Gasteiger partial charge in [-0.15, -0.1) is 23.1 Å². The summed E-state index contributed by atoms with van der Waals surface area (Å²) in [6.45, 7) is 4.06. The minimum Gasteiger partial charge on any atom is -0.477 e. The fourth-order valence-corrected chi connectivity index (χ4v) is 3.16. The molecule has 1 heterocycles. The number of aromatic carboxylic acids is 1. The molecule has 1 rings (SSSR count). The summed E-state index contributed by atoms with van der Waals surface area (Å²) in [6.07, 6.45) is 2.01. The highest BCUT2D eigenvalue weighted by Crippen LogP contribution is 2.24. The Kier molecular flexibility index (Phi) is 6.21. The second-order valence-corrected chi connectivity index (χ2v) is 5.96. The molecule has 0 aliphatic rings. The second-order valence-electron chi connectivity index (χ2n) is 4.00. The van der Waals surface area contributed by atoms with Gasteiger partial charge in [0.25, 0.3) is 0 Å². The monoisotopic (exact) mass is 287 g/mol. The van der Waals surface area contributed by atoms with E-state index in [4.69, 9.17) is 5.11 Å². The summed E-state index contributed by atoms with van der Waals surface area (Å²) in [4.78, 5) is 23.4. The third-order valence-corrected chi connectivity index (χ3v) is 4.33. The van der Waals surface area contributed by atoms with Crippen LogP contribution in [0.2, 0.25) is 0 Å². The molecule has 0 radical (unpaired) electrons. The van der Waals surface area contributed by atoms with E-state index in [9.17, 15) is 9.59 Å². The number of carboxylic acids is 1. The lowest BCUT2D eigenvalue weighted by Gasteiger charge is -2.11. The van der Waals surface area contributed by atoms with Gasteiger partial charge in [-0.3, -0.25) is 4.79 Å². The normalized spacial score (nSPS) is 12.1. The molecule has 0 aromatic carbocycles. The Balaban J connectivity index is 2.35. The zero-order valence-corrected chi connectivity index (χ0v) is 12.1. The Morgan fingerprint density at radius 2 is 2.28 bits per heavy atom. The molecule has 0 fully saturated rings. The first-order valence-electron chi connectivity index (χ1n) is 5.77. The van der Waals surface area contributed by atoms with Crippen molar-refractivity contribution in [3.63, 3.8) is 0 Å². The van der Waals surface area contributed by atoms with Crippen LogP contribution in [0.1, 0.15) is 36.4 Å². The number of carbonyl (C=O) groups is 2. The van der Waals surface area contributed by atoms with E-state index in [1.807, 2.05) is 6.92 Å². The van der Waals surface area contributed by atoms with E-state index in [0.717, 1.165) is 17.7 Å². The number of nitrogens with one attached hydrogen (secondary N) is 1. The van der Waals surface area contributed by atoms with Gasteiger partial charge in [0.1, 0.15) is 4.88 Å². The summed E-state index contributed by atoms with van der Waals surface area (Å²) >= 11 is 2.54. The van der Waals surface area contributed by atoms with Crippen molar-refractivity contribution in [2.24, 2.45) is 0 Å². The first kappa shape index (κ1) is 15.0. The van der Waals surface area contributed by atoms with Crippen LogP contribution in [0, 0.1) is 0 Å². The van der Waals surface area contributed by atoms with Crippen molar-refractivity contribution in [2.75, 3.05) is 5.75 Å². The Morgan fingerprint density at radius 3 is 2.83 bits per heavy atom. The predicted octanol–water partition coefficient (Wildman–Crippen LogP) is 2.84. The Morgan fingerprint density at radius 1 is 1.56 bits per heavy atom. The molecule has 1 unspecified atom stereocenters. The van der Waals surface area contributed by atoms with Crippen molar-refractivity contribution in [3.05, 3.63) is 16.3 Å². The molecule has 1 aromatic heterocycles. The van der Waals surface area contributed by atoms with Gasteiger partial charge in [0.2, 0.25) is 5.91 Å². The van der Waals surface area contributed by atoms with Crippen LogP contribution in [0.4, 0.5) is 0 Å². The average Bonchev–Trinajstić information content (AvgIpc) is 2.75. The average molecular weight is 287 g/mol. The lowest BCUT2D eigenvalue weighted by atomic mass is 10.2. The molecular weight excluding hydrogens is 270 g/mol. The maximum Gasteiger partial charge on any atom is 0.345 e. The van der Waals surface area contributed by atoms with Crippen molar-refractivity contribution in [2.45, 2.75) is 37.6 Å². The number of hydrogen-bond donors (Lipinski definition) is 2. The predicted molar refractivity (Wildman–Crippen MR) is 74.5 cm³/mol. The molecule has 2 N–H and O–H groups in total. The van der Waals surface area contributed by atoms with Crippen molar-refractivity contribution in [3.8, 4) is 0 Å². The van der Waals surface area contributed by atoms with Crippen LogP contribution in [0.15, 0.2) is 16.3 Å². The molecule has 6 heteroatoms. The summed E-state index contributed by atoms with van der Waals surface area (Å²) in [5, 5.41) is 13.4. The van der Waals surface area contributed by atoms with Gasteiger partial charge < -0.3 is 10.4 Å². The quantitative estimate of drug-likeness (QED) is 0.757.